The smallest absolute Gasteiger partial charge is 0.264 e. The van der Waals surface area contributed by atoms with Crippen molar-refractivity contribution in [2.75, 3.05) is 48.3 Å². The zero-order valence-corrected chi connectivity index (χ0v) is 30.1. The van der Waals surface area contributed by atoms with Crippen LogP contribution in [0, 0.1) is 0 Å². The number of carbonyl (C=O) groups is 5. The van der Waals surface area contributed by atoms with E-state index < -0.39 is 29.7 Å². The quantitative estimate of drug-likeness (QED) is 0.117. The Balaban J connectivity index is 0.773. The third kappa shape index (κ3) is 7.22. The molecule has 5 aromatic rings. The van der Waals surface area contributed by atoms with Gasteiger partial charge in [-0.15, -0.1) is 10.2 Å². The van der Waals surface area contributed by atoms with Gasteiger partial charge in [0.15, 0.2) is 5.65 Å². The lowest BCUT2D eigenvalue weighted by atomic mass is 10.0. The Morgan fingerprint density at radius 3 is 2.53 bits per heavy atom. The van der Waals surface area contributed by atoms with E-state index in [9.17, 15) is 24.0 Å². The Morgan fingerprint density at radius 1 is 0.909 bits per heavy atom. The predicted molar refractivity (Wildman–Crippen MR) is 201 cm³/mol. The van der Waals surface area contributed by atoms with Crippen LogP contribution < -0.4 is 20.9 Å². The summed E-state index contributed by atoms with van der Waals surface area (Å²) in [5, 5.41) is 17.2. The molecule has 2 aromatic carbocycles. The van der Waals surface area contributed by atoms with Gasteiger partial charge in [-0.25, -0.2) is 4.98 Å². The largest absolute Gasteiger partial charge is 0.467 e. The van der Waals surface area contributed by atoms with E-state index in [0.29, 0.717) is 43.9 Å². The summed E-state index contributed by atoms with van der Waals surface area (Å²) >= 11 is 0. The van der Waals surface area contributed by atoms with Crippen LogP contribution >= 0.6 is 0 Å². The molecule has 5 amide bonds. The molecule has 0 spiro atoms. The third-order valence-corrected chi connectivity index (χ3v) is 10.3. The van der Waals surface area contributed by atoms with Crippen LogP contribution in [0.3, 0.4) is 0 Å². The summed E-state index contributed by atoms with van der Waals surface area (Å²) < 4.78 is 7.29. The normalized spacial score (nSPS) is 17.2. The number of hydrogen-bond donors (Lipinski definition) is 3. The number of amides is 5. The number of furan rings is 1. The minimum absolute atomic E-state index is 0.0695. The Hall–Kier alpha value is -6.58. The number of imide groups is 2. The standard InChI is InChI=1S/C39H40N10O6/c50-32-15-14-30(37(52)44-32)49-38(53)28-7-4-8-29(34(28)39(49)54)40-16-3-1-2-9-33(51)47-19-17-46(18-20-47)26-12-10-25(11-13-26)35-36-45-43-24-48(36)31(23-42-35)41-22-27-6-5-21-55-27/h4-8,10-13,21,23-24,30,40-41H,1-3,9,14-20,22H2,(H,44,50,52). The van der Waals surface area contributed by atoms with Crippen molar-refractivity contribution in [1.82, 2.24) is 34.7 Å². The minimum atomic E-state index is -1.01. The molecule has 282 valence electrons. The van der Waals surface area contributed by atoms with Gasteiger partial charge in [0.25, 0.3) is 11.8 Å². The van der Waals surface area contributed by atoms with E-state index in [1.165, 1.54) is 0 Å². The molecule has 3 aromatic heterocycles. The average molecular weight is 745 g/mol. The van der Waals surface area contributed by atoms with Gasteiger partial charge in [0.2, 0.25) is 17.7 Å². The number of anilines is 3. The highest BCUT2D eigenvalue weighted by Gasteiger charge is 2.45. The topological polar surface area (TPSA) is 187 Å². The number of piperidine rings is 1. The first-order valence-corrected chi connectivity index (χ1v) is 18.5. The zero-order chi connectivity index (χ0) is 37.9. The lowest BCUT2D eigenvalue weighted by Crippen LogP contribution is -2.54. The zero-order valence-electron chi connectivity index (χ0n) is 30.1. The van der Waals surface area contributed by atoms with Crippen LogP contribution in [0.15, 0.2) is 77.8 Å². The molecule has 0 saturated carbocycles. The fraction of sp³-hybridized carbons (Fsp3) is 0.333. The molecule has 2 saturated heterocycles. The van der Waals surface area contributed by atoms with Crippen molar-refractivity contribution in [3.63, 3.8) is 0 Å². The molecular weight excluding hydrogens is 704 g/mol. The van der Waals surface area contributed by atoms with Crippen LogP contribution in [-0.2, 0) is 20.9 Å². The highest BCUT2D eigenvalue weighted by Crippen LogP contribution is 2.33. The van der Waals surface area contributed by atoms with Gasteiger partial charge in [0.05, 0.1) is 30.1 Å². The summed E-state index contributed by atoms with van der Waals surface area (Å²) in [7, 11) is 0. The molecule has 3 N–H and O–H groups in total. The number of hydrogen-bond acceptors (Lipinski definition) is 12. The number of benzene rings is 2. The molecule has 8 rings (SSSR count). The maximum Gasteiger partial charge on any atom is 0.264 e. The number of nitrogens with zero attached hydrogens (tertiary/aromatic N) is 7. The van der Waals surface area contributed by atoms with Gasteiger partial charge >= 0.3 is 0 Å². The monoisotopic (exact) mass is 744 g/mol. The van der Waals surface area contributed by atoms with Crippen molar-refractivity contribution < 1.29 is 28.4 Å². The third-order valence-electron chi connectivity index (χ3n) is 10.3. The number of carbonyl (C=O) groups excluding carboxylic acids is 5. The van der Waals surface area contributed by atoms with E-state index in [1.54, 1.807) is 37.0 Å². The van der Waals surface area contributed by atoms with E-state index in [4.69, 9.17) is 9.40 Å². The first kappa shape index (κ1) is 35.4. The Labute approximate surface area is 315 Å². The van der Waals surface area contributed by atoms with E-state index in [1.807, 2.05) is 33.6 Å². The minimum Gasteiger partial charge on any atom is -0.467 e. The summed E-state index contributed by atoms with van der Waals surface area (Å²) in [6.07, 6.45) is 8.03. The van der Waals surface area contributed by atoms with Crippen LogP contribution in [0.5, 0.6) is 0 Å². The second kappa shape index (κ2) is 15.4. The molecule has 16 nitrogen and oxygen atoms in total. The van der Waals surface area contributed by atoms with E-state index in [-0.39, 0.29) is 29.9 Å². The molecule has 3 aliphatic heterocycles. The lowest BCUT2D eigenvalue weighted by Gasteiger charge is -2.36. The molecule has 6 heterocycles. The van der Waals surface area contributed by atoms with Crippen LogP contribution in [0.25, 0.3) is 16.9 Å². The van der Waals surface area contributed by atoms with Gasteiger partial charge in [0, 0.05) is 62.5 Å². The lowest BCUT2D eigenvalue weighted by molar-refractivity contribution is -0.136. The number of unbranched alkanes of at least 4 members (excludes halogenated alkanes) is 2. The highest BCUT2D eigenvalue weighted by molar-refractivity contribution is 6.25. The number of fused-ring (bicyclic) bond motifs is 2. The molecular formula is C39H40N10O6. The summed E-state index contributed by atoms with van der Waals surface area (Å²) in [4.78, 5) is 73.3. The number of aromatic nitrogens is 4. The molecule has 1 unspecified atom stereocenters. The maximum atomic E-state index is 13.3. The van der Waals surface area contributed by atoms with Gasteiger partial charge < -0.3 is 24.9 Å². The first-order valence-electron chi connectivity index (χ1n) is 18.5. The van der Waals surface area contributed by atoms with E-state index >= 15 is 0 Å². The van der Waals surface area contributed by atoms with Crippen molar-refractivity contribution >= 4 is 52.4 Å². The SMILES string of the molecule is O=C1CCC(N2C(=O)c3cccc(NCCCCCC(=O)N4CCN(c5ccc(-c6ncc(NCc7ccco7)n7cnnc67)cc5)CC4)c3C2=O)C(=O)N1. The van der Waals surface area contributed by atoms with E-state index in [0.717, 1.165) is 65.8 Å². The second-order valence-corrected chi connectivity index (χ2v) is 13.8. The van der Waals surface area contributed by atoms with Gasteiger partial charge in [-0.05, 0) is 55.7 Å². The van der Waals surface area contributed by atoms with Crippen molar-refractivity contribution in [2.24, 2.45) is 0 Å². The van der Waals surface area contributed by atoms with Crippen LogP contribution in [-0.4, -0.2) is 97.7 Å². The molecule has 55 heavy (non-hydrogen) atoms. The second-order valence-electron chi connectivity index (χ2n) is 13.8. The molecule has 0 aliphatic carbocycles. The molecule has 1 atom stereocenters. The number of rotatable bonds is 13. The van der Waals surface area contributed by atoms with Crippen molar-refractivity contribution in [1.29, 1.82) is 0 Å². The van der Waals surface area contributed by atoms with Gasteiger partial charge in [-0.2, -0.15) is 0 Å². The van der Waals surface area contributed by atoms with Crippen LogP contribution in [0.4, 0.5) is 17.2 Å². The van der Waals surface area contributed by atoms with Crippen LogP contribution in [0.1, 0.15) is 65.0 Å². The summed E-state index contributed by atoms with van der Waals surface area (Å²) in [5.41, 5.74) is 4.40. The average Bonchev–Trinajstić information content (AvgIpc) is 3.97. The first-order chi connectivity index (χ1) is 26.9. The molecule has 0 bridgehead atoms. The summed E-state index contributed by atoms with van der Waals surface area (Å²) in [6.45, 7) is 3.84. The van der Waals surface area contributed by atoms with E-state index in [2.05, 4.69) is 43.2 Å². The predicted octanol–water partition coefficient (Wildman–Crippen LogP) is 3.72. The Morgan fingerprint density at radius 2 is 1.75 bits per heavy atom. The Bertz CT molecular complexity index is 2240. The van der Waals surface area contributed by atoms with Crippen molar-refractivity contribution in [3.05, 3.63) is 90.3 Å². The number of piperazine rings is 1. The molecule has 2 fully saturated rings. The highest BCUT2D eigenvalue weighted by atomic mass is 16.3. The van der Waals surface area contributed by atoms with Crippen LogP contribution in [0.2, 0.25) is 0 Å². The molecule has 0 radical (unpaired) electrons. The van der Waals surface area contributed by atoms with Gasteiger partial charge in [-0.1, -0.05) is 24.6 Å². The molecule has 3 aliphatic rings. The Kier molecular flexibility index (Phi) is 9.93. The summed E-state index contributed by atoms with van der Waals surface area (Å²) in [5.74, 6) is -0.402. The summed E-state index contributed by atoms with van der Waals surface area (Å²) in [6, 6.07) is 16.0. The van der Waals surface area contributed by atoms with Crippen molar-refractivity contribution in [3.8, 4) is 11.3 Å². The van der Waals surface area contributed by atoms with Gasteiger partial charge in [-0.3, -0.25) is 38.6 Å². The fourth-order valence-electron chi connectivity index (χ4n) is 7.41. The van der Waals surface area contributed by atoms with Gasteiger partial charge in [0.1, 0.15) is 29.6 Å². The number of nitrogens with one attached hydrogen (secondary N) is 3. The maximum absolute atomic E-state index is 13.3. The molecule has 16 heteroatoms. The fourth-order valence-corrected chi connectivity index (χ4v) is 7.41. The van der Waals surface area contributed by atoms with Crippen molar-refractivity contribution in [2.45, 2.75) is 51.1 Å².